The Balaban J connectivity index is 3.60. The van der Waals surface area contributed by atoms with Crippen LogP contribution in [0.25, 0.3) is 0 Å². The highest BCUT2D eigenvalue weighted by molar-refractivity contribution is 5.10. The zero-order valence-corrected chi connectivity index (χ0v) is 5.21. The molecule has 1 nitrogen and oxygen atoms in total. The highest BCUT2D eigenvalue weighted by Gasteiger charge is 1.69. The molecule has 2 heteroatoms. The zero-order valence-electron chi connectivity index (χ0n) is 5.21. The lowest BCUT2D eigenvalue weighted by Gasteiger charge is -1.79. The third kappa shape index (κ3) is 6.95. The largest absolute Gasteiger partial charge is 0.513 e. The van der Waals surface area contributed by atoms with Crippen LogP contribution in [0.3, 0.4) is 0 Å². The van der Waals surface area contributed by atoms with Crippen molar-refractivity contribution in [3.05, 3.63) is 36.4 Å². The summed E-state index contributed by atoms with van der Waals surface area (Å²) >= 11 is 0. The summed E-state index contributed by atoms with van der Waals surface area (Å²) < 4.78 is 11.2. The van der Waals surface area contributed by atoms with Crippen LogP contribution in [-0.2, 0) is 0 Å². The Morgan fingerprint density at radius 2 is 2.00 bits per heavy atom. The zero-order chi connectivity index (χ0) is 7.11. The average molecular weight is 128 g/mol. The van der Waals surface area contributed by atoms with Crippen LogP contribution in [0.15, 0.2) is 36.4 Å². The van der Waals surface area contributed by atoms with Crippen molar-refractivity contribution in [3.8, 4) is 0 Å². The summed E-state index contributed by atoms with van der Waals surface area (Å²) in [5, 5.41) is 8.54. The summed E-state index contributed by atoms with van der Waals surface area (Å²) in [5.74, 6) is 0.207. The van der Waals surface area contributed by atoms with Crippen molar-refractivity contribution in [2.45, 2.75) is 6.92 Å². The van der Waals surface area contributed by atoms with E-state index in [4.69, 9.17) is 5.11 Å². The van der Waals surface area contributed by atoms with Crippen molar-refractivity contribution in [2.24, 2.45) is 0 Å². The van der Waals surface area contributed by atoms with Gasteiger partial charge in [-0.05, 0) is 19.1 Å². The van der Waals surface area contributed by atoms with Crippen LogP contribution in [-0.4, -0.2) is 5.11 Å². The molecule has 0 fully saturated rings. The van der Waals surface area contributed by atoms with Crippen LogP contribution in [0, 0.1) is 0 Å². The van der Waals surface area contributed by atoms with Crippen LogP contribution in [0.1, 0.15) is 6.92 Å². The predicted molar refractivity (Wildman–Crippen MR) is 35.8 cm³/mol. The van der Waals surface area contributed by atoms with Crippen molar-refractivity contribution in [2.75, 3.05) is 0 Å². The molecular formula is C7H9FO. The predicted octanol–water partition coefficient (Wildman–Crippen LogP) is 2.49. The topological polar surface area (TPSA) is 20.2 Å². The van der Waals surface area contributed by atoms with Crippen LogP contribution in [0.5, 0.6) is 0 Å². The normalized spacial score (nSPS) is 13.8. The number of aliphatic hydroxyl groups is 1. The lowest BCUT2D eigenvalue weighted by atomic mass is 10.4. The summed E-state index contributed by atoms with van der Waals surface area (Å²) in [6, 6.07) is 0. The van der Waals surface area contributed by atoms with Crippen molar-refractivity contribution in [1.82, 2.24) is 0 Å². The van der Waals surface area contributed by atoms with Gasteiger partial charge in [-0.25, -0.2) is 4.39 Å². The van der Waals surface area contributed by atoms with Gasteiger partial charge in [-0.3, -0.25) is 0 Å². The third-order valence-electron chi connectivity index (χ3n) is 0.632. The Morgan fingerprint density at radius 3 is 2.44 bits per heavy atom. The molecule has 0 bridgehead atoms. The van der Waals surface area contributed by atoms with Crippen LogP contribution in [0.4, 0.5) is 4.39 Å². The first kappa shape index (κ1) is 7.95. The highest BCUT2D eigenvalue weighted by atomic mass is 19.1. The standard InChI is InChI=1S/C7H9FO/c1-7(9)5-3-2-4-6-8/h2-6,9H,1H3/b3-2-,6-4+,7-5+. The molecule has 0 aliphatic rings. The SMILES string of the molecule is C\C(O)=C/C=C\C=C\F. The molecule has 0 saturated heterocycles. The van der Waals surface area contributed by atoms with E-state index in [9.17, 15) is 4.39 Å². The van der Waals surface area contributed by atoms with Gasteiger partial charge in [0, 0.05) is 0 Å². The van der Waals surface area contributed by atoms with E-state index in [1.807, 2.05) is 0 Å². The van der Waals surface area contributed by atoms with Crippen molar-refractivity contribution >= 4 is 0 Å². The third-order valence-corrected chi connectivity index (χ3v) is 0.632. The second-order valence-corrected chi connectivity index (χ2v) is 1.51. The van der Waals surface area contributed by atoms with E-state index in [-0.39, 0.29) is 5.76 Å². The molecule has 0 aromatic rings. The van der Waals surface area contributed by atoms with E-state index < -0.39 is 0 Å². The summed E-state index contributed by atoms with van der Waals surface area (Å²) in [4.78, 5) is 0. The minimum atomic E-state index is 0.207. The van der Waals surface area contributed by atoms with Gasteiger partial charge < -0.3 is 5.11 Å². The van der Waals surface area contributed by atoms with Crippen LogP contribution >= 0.6 is 0 Å². The van der Waals surface area contributed by atoms with Crippen LogP contribution in [0.2, 0.25) is 0 Å². The lowest BCUT2D eigenvalue weighted by molar-refractivity contribution is 0.414. The Labute approximate surface area is 53.8 Å². The molecule has 0 spiro atoms. The molecule has 0 aromatic heterocycles. The van der Waals surface area contributed by atoms with Gasteiger partial charge in [0.2, 0.25) is 0 Å². The Morgan fingerprint density at radius 1 is 1.33 bits per heavy atom. The lowest BCUT2D eigenvalue weighted by Crippen LogP contribution is -1.63. The number of hydrogen-bond donors (Lipinski definition) is 1. The van der Waals surface area contributed by atoms with E-state index in [0.29, 0.717) is 6.33 Å². The number of allylic oxidation sites excluding steroid dienone is 5. The maximum Gasteiger partial charge on any atom is 0.0891 e. The van der Waals surface area contributed by atoms with E-state index in [1.165, 1.54) is 18.2 Å². The number of halogens is 1. The van der Waals surface area contributed by atoms with Gasteiger partial charge in [0.15, 0.2) is 0 Å². The molecule has 50 valence electrons. The summed E-state index contributed by atoms with van der Waals surface area (Å²) in [5.41, 5.74) is 0. The van der Waals surface area contributed by atoms with Gasteiger partial charge >= 0.3 is 0 Å². The molecule has 0 atom stereocenters. The fourth-order valence-electron chi connectivity index (χ4n) is 0.301. The summed E-state index contributed by atoms with van der Waals surface area (Å²) in [7, 11) is 0. The summed E-state index contributed by atoms with van der Waals surface area (Å²) in [6.45, 7) is 1.55. The molecule has 0 rings (SSSR count). The monoisotopic (exact) mass is 128 g/mol. The van der Waals surface area contributed by atoms with Gasteiger partial charge in [-0.15, -0.1) is 0 Å². The minimum absolute atomic E-state index is 0.207. The first-order valence-electron chi connectivity index (χ1n) is 2.56. The van der Waals surface area contributed by atoms with E-state index in [2.05, 4.69) is 0 Å². The molecule has 0 saturated carbocycles. The van der Waals surface area contributed by atoms with Gasteiger partial charge in [0.05, 0.1) is 12.1 Å². The molecule has 0 heterocycles. The highest BCUT2D eigenvalue weighted by Crippen LogP contribution is 1.85. The minimum Gasteiger partial charge on any atom is -0.513 e. The number of hydrogen-bond acceptors (Lipinski definition) is 1. The second kappa shape index (κ2) is 5.09. The van der Waals surface area contributed by atoms with E-state index in [1.54, 1.807) is 13.0 Å². The van der Waals surface area contributed by atoms with Gasteiger partial charge in [-0.1, -0.05) is 12.2 Å². The quantitative estimate of drug-likeness (QED) is 0.447. The summed E-state index contributed by atoms with van der Waals surface area (Å²) in [6.07, 6.45) is 6.17. The Hall–Kier alpha value is -1.05. The molecule has 9 heavy (non-hydrogen) atoms. The van der Waals surface area contributed by atoms with E-state index >= 15 is 0 Å². The maximum absolute atomic E-state index is 11.2. The molecule has 0 aliphatic heterocycles. The van der Waals surface area contributed by atoms with Gasteiger partial charge in [0.25, 0.3) is 0 Å². The average Bonchev–Trinajstić information content (AvgIpc) is 1.80. The molecule has 0 aliphatic carbocycles. The smallest absolute Gasteiger partial charge is 0.0891 e. The van der Waals surface area contributed by atoms with Crippen molar-refractivity contribution in [3.63, 3.8) is 0 Å². The molecule has 0 amide bonds. The fraction of sp³-hybridized carbons (Fsp3) is 0.143. The molecule has 0 aromatic carbocycles. The molecule has 1 N–H and O–H groups in total. The van der Waals surface area contributed by atoms with Gasteiger partial charge in [0.1, 0.15) is 0 Å². The van der Waals surface area contributed by atoms with Crippen LogP contribution < -0.4 is 0 Å². The Kier molecular flexibility index (Phi) is 4.50. The first-order chi connectivity index (χ1) is 4.27. The van der Waals surface area contributed by atoms with Gasteiger partial charge in [-0.2, -0.15) is 0 Å². The first-order valence-corrected chi connectivity index (χ1v) is 2.56. The molecule has 0 unspecified atom stereocenters. The van der Waals surface area contributed by atoms with Crippen molar-refractivity contribution in [1.29, 1.82) is 0 Å². The van der Waals surface area contributed by atoms with E-state index in [0.717, 1.165) is 0 Å². The Bertz CT molecular complexity index is 141. The maximum atomic E-state index is 11.2. The molecule has 0 radical (unpaired) electrons. The molecular weight excluding hydrogens is 119 g/mol. The fourth-order valence-corrected chi connectivity index (χ4v) is 0.301. The number of rotatable bonds is 2. The van der Waals surface area contributed by atoms with Crippen molar-refractivity contribution < 1.29 is 9.50 Å². The second-order valence-electron chi connectivity index (χ2n) is 1.51. The number of aliphatic hydroxyl groups excluding tert-OH is 1.